The number of carbonyl (C=O) groups is 1. The molecule has 1 aromatic heterocycles. The van der Waals surface area contributed by atoms with E-state index in [1.807, 2.05) is 0 Å². The molecule has 0 spiro atoms. The van der Waals surface area contributed by atoms with E-state index in [0.717, 1.165) is 0 Å². The van der Waals surface area contributed by atoms with Crippen LogP contribution in [0.25, 0.3) is 0 Å². The van der Waals surface area contributed by atoms with Crippen molar-refractivity contribution in [2.75, 3.05) is 5.32 Å². The summed E-state index contributed by atoms with van der Waals surface area (Å²) in [6.07, 6.45) is 1.33. The number of aromatic nitrogens is 2. The van der Waals surface area contributed by atoms with E-state index >= 15 is 0 Å². The first-order valence-corrected chi connectivity index (χ1v) is 5.60. The Bertz CT molecular complexity index is 634. The van der Waals surface area contributed by atoms with Crippen LogP contribution >= 0.6 is 11.6 Å². The Balaban J connectivity index is 2.32. The van der Waals surface area contributed by atoms with Crippen molar-refractivity contribution in [2.24, 2.45) is 7.05 Å². The maximum atomic E-state index is 12.0. The number of para-hydroxylation sites is 2. The zero-order valence-electron chi connectivity index (χ0n) is 9.83. The van der Waals surface area contributed by atoms with Gasteiger partial charge in [-0.15, -0.1) is 0 Å². The Kier molecular flexibility index (Phi) is 3.48. The van der Waals surface area contributed by atoms with Crippen LogP contribution in [0.5, 0.6) is 0 Å². The van der Waals surface area contributed by atoms with Gasteiger partial charge in [-0.3, -0.25) is 19.6 Å². The van der Waals surface area contributed by atoms with Crippen LogP contribution < -0.4 is 5.32 Å². The highest BCUT2D eigenvalue weighted by Gasteiger charge is 2.19. The van der Waals surface area contributed by atoms with Crippen LogP contribution in [0.15, 0.2) is 30.5 Å². The van der Waals surface area contributed by atoms with Crippen molar-refractivity contribution in [1.82, 2.24) is 9.78 Å². The lowest BCUT2D eigenvalue weighted by atomic mass is 10.2. The molecule has 0 radical (unpaired) electrons. The lowest BCUT2D eigenvalue weighted by molar-refractivity contribution is -0.383. The quantitative estimate of drug-likeness (QED) is 0.689. The topological polar surface area (TPSA) is 90.1 Å². The van der Waals surface area contributed by atoms with Crippen molar-refractivity contribution >= 4 is 28.9 Å². The minimum Gasteiger partial charge on any atom is -0.315 e. The van der Waals surface area contributed by atoms with Crippen LogP contribution in [-0.2, 0) is 7.05 Å². The number of carbonyl (C=O) groups excluding carboxylic acids is 1. The average Bonchev–Trinajstić information content (AvgIpc) is 2.69. The van der Waals surface area contributed by atoms with Gasteiger partial charge in [-0.05, 0) is 6.07 Å². The van der Waals surface area contributed by atoms with Crippen molar-refractivity contribution < 1.29 is 9.72 Å². The molecule has 2 rings (SSSR count). The standard InChI is InChI=1S/C11H9ClN4O3/c1-15-10(7(12)6-13-15)11(17)14-8-4-2-3-5-9(8)16(18)19/h2-6H,1H3,(H,14,17). The Morgan fingerprint density at radius 1 is 1.47 bits per heavy atom. The number of benzene rings is 1. The molecule has 0 unspecified atom stereocenters. The molecule has 1 heterocycles. The van der Waals surface area contributed by atoms with Crippen LogP contribution in [0.3, 0.4) is 0 Å². The predicted molar refractivity (Wildman–Crippen MR) is 69.3 cm³/mol. The molecule has 0 aliphatic carbocycles. The van der Waals surface area contributed by atoms with Gasteiger partial charge in [0.05, 0.1) is 16.1 Å². The maximum absolute atomic E-state index is 12.0. The van der Waals surface area contributed by atoms with Crippen LogP contribution in [-0.4, -0.2) is 20.6 Å². The molecule has 1 N–H and O–H groups in total. The molecule has 0 fully saturated rings. The van der Waals surface area contributed by atoms with Gasteiger partial charge >= 0.3 is 0 Å². The Hall–Kier alpha value is -2.41. The number of anilines is 1. The molecule has 1 amide bonds. The summed E-state index contributed by atoms with van der Waals surface area (Å²) in [4.78, 5) is 22.3. The van der Waals surface area contributed by atoms with Crippen molar-refractivity contribution in [3.63, 3.8) is 0 Å². The molecule has 0 aliphatic rings. The second-order valence-electron chi connectivity index (χ2n) is 3.69. The van der Waals surface area contributed by atoms with Crippen LogP contribution in [0.1, 0.15) is 10.5 Å². The largest absolute Gasteiger partial charge is 0.315 e. The molecule has 2 aromatic rings. The number of aryl methyl sites for hydroxylation is 1. The number of nitrogens with one attached hydrogen (secondary N) is 1. The second-order valence-corrected chi connectivity index (χ2v) is 4.10. The summed E-state index contributed by atoms with van der Waals surface area (Å²) in [6.45, 7) is 0. The highest BCUT2D eigenvalue weighted by Crippen LogP contribution is 2.24. The van der Waals surface area contributed by atoms with Gasteiger partial charge in [-0.25, -0.2) is 0 Å². The van der Waals surface area contributed by atoms with E-state index in [2.05, 4.69) is 10.4 Å². The third kappa shape index (κ3) is 2.55. The Morgan fingerprint density at radius 3 is 2.74 bits per heavy atom. The fourth-order valence-electron chi connectivity index (χ4n) is 1.59. The first-order chi connectivity index (χ1) is 9.00. The zero-order valence-corrected chi connectivity index (χ0v) is 10.6. The van der Waals surface area contributed by atoms with Gasteiger partial charge in [0, 0.05) is 13.1 Å². The molecule has 19 heavy (non-hydrogen) atoms. The number of nitro benzene ring substituents is 1. The van der Waals surface area contributed by atoms with Gasteiger partial charge in [0.2, 0.25) is 0 Å². The fraction of sp³-hybridized carbons (Fsp3) is 0.0909. The molecule has 0 atom stereocenters. The monoisotopic (exact) mass is 280 g/mol. The maximum Gasteiger partial charge on any atom is 0.292 e. The van der Waals surface area contributed by atoms with Crippen LogP contribution in [0, 0.1) is 10.1 Å². The zero-order chi connectivity index (χ0) is 14.0. The highest BCUT2D eigenvalue weighted by molar-refractivity contribution is 6.34. The van der Waals surface area contributed by atoms with Gasteiger partial charge < -0.3 is 5.32 Å². The van der Waals surface area contributed by atoms with Gasteiger partial charge in [0.1, 0.15) is 11.4 Å². The van der Waals surface area contributed by atoms with Crippen LogP contribution in [0.2, 0.25) is 5.02 Å². The van der Waals surface area contributed by atoms with E-state index in [1.165, 1.54) is 29.1 Å². The van der Waals surface area contributed by atoms with Gasteiger partial charge in [0.15, 0.2) is 0 Å². The second kappa shape index (κ2) is 5.07. The Labute approximate surface area is 112 Å². The highest BCUT2D eigenvalue weighted by atomic mass is 35.5. The minimum atomic E-state index is -0.569. The molecule has 0 saturated carbocycles. The minimum absolute atomic E-state index is 0.106. The van der Waals surface area contributed by atoms with E-state index in [4.69, 9.17) is 11.6 Å². The molecule has 0 aliphatic heterocycles. The van der Waals surface area contributed by atoms with E-state index in [9.17, 15) is 14.9 Å². The number of halogens is 1. The third-order valence-electron chi connectivity index (χ3n) is 2.46. The van der Waals surface area contributed by atoms with Crippen LogP contribution in [0.4, 0.5) is 11.4 Å². The van der Waals surface area contributed by atoms with Crippen molar-refractivity contribution in [1.29, 1.82) is 0 Å². The number of nitro groups is 1. The lowest BCUT2D eigenvalue weighted by Crippen LogP contribution is -2.17. The molecule has 1 aromatic carbocycles. The Morgan fingerprint density at radius 2 is 2.16 bits per heavy atom. The first kappa shape index (κ1) is 13.0. The molecule has 7 nitrogen and oxygen atoms in total. The van der Waals surface area contributed by atoms with Crippen molar-refractivity contribution in [2.45, 2.75) is 0 Å². The average molecular weight is 281 g/mol. The molecule has 0 bridgehead atoms. The van der Waals surface area contributed by atoms with Crippen molar-refractivity contribution in [3.05, 3.63) is 51.3 Å². The van der Waals surface area contributed by atoms with E-state index in [1.54, 1.807) is 13.1 Å². The summed E-state index contributed by atoms with van der Waals surface area (Å²) in [5.41, 5.74) is 0.0590. The summed E-state index contributed by atoms with van der Waals surface area (Å²) in [5.74, 6) is -0.556. The summed E-state index contributed by atoms with van der Waals surface area (Å²) >= 11 is 5.83. The van der Waals surface area contributed by atoms with Crippen molar-refractivity contribution in [3.8, 4) is 0 Å². The molecular formula is C11H9ClN4O3. The van der Waals surface area contributed by atoms with E-state index in [0.29, 0.717) is 0 Å². The summed E-state index contributed by atoms with van der Waals surface area (Å²) in [5, 5.41) is 17.3. The molecule has 8 heteroatoms. The summed E-state index contributed by atoms with van der Waals surface area (Å²) in [6, 6.07) is 5.86. The number of rotatable bonds is 3. The lowest BCUT2D eigenvalue weighted by Gasteiger charge is -2.06. The predicted octanol–water partition coefficient (Wildman–Crippen LogP) is 2.23. The smallest absolute Gasteiger partial charge is 0.292 e. The molecule has 98 valence electrons. The molecule has 0 saturated heterocycles. The number of nitrogens with zero attached hydrogens (tertiary/aromatic N) is 3. The number of hydrogen-bond acceptors (Lipinski definition) is 4. The van der Waals surface area contributed by atoms with Gasteiger partial charge in [-0.2, -0.15) is 5.10 Å². The van der Waals surface area contributed by atoms with Gasteiger partial charge in [0.25, 0.3) is 11.6 Å². The van der Waals surface area contributed by atoms with E-state index in [-0.39, 0.29) is 22.1 Å². The summed E-state index contributed by atoms with van der Waals surface area (Å²) in [7, 11) is 1.56. The first-order valence-electron chi connectivity index (χ1n) is 5.23. The van der Waals surface area contributed by atoms with Gasteiger partial charge in [-0.1, -0.05) is 23.7 Å². The summed E-state index contributed by atoms with van der Waals surface area (Å²) < 4.78 is 1.30. The number of hydrogen-bond donors (Lipinski definition) is 1. The van der Waals surface area contributed by atoms with E-state index < -0.39 is 10.8 Å². The SMILES string of the molecule is Cn1ncc(Cl)c1C(=O)Nc1ccccc1[N+](=O)[O-]. The third-order valence-corrected chi connectivity index (χ3v) is 2.73. The number of amides is 1. The fourth-order valence-corrected chi connectivity index (χ4v) is 1.84. The normalized spacial score (nSPS) is 10.2. The molecular weight excluding hydrogens is 272 g/mol.